The Morgan fingerprint density at radius 3 is 2.86 bits per heavy atom. The predicted molar refractivity (Wildman–Crippen MR) is 60.8 cm³/mol. The molecule has 0 amide bonds. The van der Waals surface area contributed by atoms with E-state index in [2.05, 4.69) is 15.9 Å². The van der Waals surface area contributed by atoms with Gasteiger partial charge in [-0.05, 0) is 30.7 Å². The summed E-state index contributed by atoms with van der Waals surface area (Å²) in [5, 5.41) is 0. The highest BCUT2D eigenvalue weighted by atomic mass is 79.9. The maximum Gasteiger partial charge on any atom is 0.161 e. The van der Waals surface area contributed by atoms with Crippen LogP contribution in [0.4, 0.5) is 0 Å². The van der Waals surface area contributed by atoms with Gasteiger partial charge in [-0.15, -0.1) is 0 Å². The Hall–Kier alpha value is -1.09. The van der Waals surface area contributed by atoms with E-state index in [-0.39, 0.29) is 5.78 Å². The van der Waals surface area contributed by atoms with Crippen LogP contribution in [0.1, 0.15) is 12.5 Å². The van der Waals surface area contributed by atoms with Crippen molar-refractivity contribution < 1.29 is 4.79 Å². The fraction of sp³-hybridized carbons (Fsp3) is 0.182. The number of nitrogens with two attached hydrogens (primary N) is 1. The zero-order valence-corrected chi connectivity index (χ0v) is 9.54. The molecule has 0 heterocycles. The van der Waals surface area contributed by atoms with Crippen LogP contribution < -0.4 is 5.73 Å². The van der Waals surface area contributed by atoms with E-state index in [1.165, 1.54) is 6.08 Å². The molecule has 1 aromatic rings. The average Bonchev–Trinajstić information content (AvgIpc) is 2.01. The van der Waals surface area contributed by atoms with Crippen LogP contribution in [0.5, 0.6) is 0 Å². The number of carbonyl (C=O) groups excluding carboxylic acids is 1. The minimum Gasteiger partial charge on any atom is -0.402 e. The molecule has 0 fully saturated rings. The fourth-order valence-corrected chi connectivity index (χ4v) is 1.60. The molecule has 0 radical (unpaired) electrons. The molecule has 0 saturated carbocycles. The molecule has 0 atom stereocenters. The van der Waals surface area contributed by atoms with Crippen molar-refractivity contribution in [3.05, 3.63) is 46.1 Å². The number of allylic oxidation sites excluding steroid dienone is 2. The SMILES string of the molecule is C/C(N)=C/C(=O)Cc1cccc(Br)c1. The van der Waals surface area contributed by atoms with Gasteiger partial charge in [-0.1, -0.05) is 28.1 Å². The Bertz CT molecular complexity index is 367. The molecular formula is C11H12BrNO. The van der Waals surface area contributed by atoms with Gasteiger partial charge in [0.15, 0.2) is 5.78 Å². The summed E-state index contributed by atoms with van der Waals surface area (Å²) in [5.74, 6) is 0.0306. The summed E-state index contributed by atoms with van der Waals surface area (Å²) in [4.78, 5) is 11.4. The maximum absolute atomic E-state index is 11.4. The molecule has 2 N–H and O–H groups in total. The fourth-order valence-electron chi connectivity index (χ4n) is 1.15. The highest BCUT2D eigenvalue weighted by molar-refractivity contribution is 9.10. The second-order valence-electron chi connectivity index (χ2n) is 3.16. The molecule has 1 rings (SSSR count). The van der Waals surface area contributed by atoms with Crippen LogP contribution in [0.15, 0.2) is 40.5 Å². The molecule has 14 heavy (non-hydrogen) atoms. The molecule has 0 unspecified atom stereocenters. The summed E-state index contributed by atoms with van der Waals surface area (Å²) >= 11 is 3.35. The number of carbonyl (C=O) groups is 1. The van der Waals surface area contributed by atoms with Gasteiger partial charge >= 0.3 is 0 Å². The summed E-state index contributed by atoms with van der Waals surface area (Å²) in [6, 6.07) is 7.68. The molecule has 0 spiro atoms. The van der Waals surface area contributed by atoms with Crippen LogP contribution in [0.2, 0.25) is 0 Å². The minimum absolute atomic E-state index is 0.0306. The molecule has 74 valence electrons. The highest BCUT2D eigenvalue weighted by Crippen LogP contribution is 2.12. The lowest BCUT2D eigenvalue weighted by Gasteiger charge is -1.98. The number of hydrogen-bond acceptors (Lipinski definition) is 2. The Morgan fingerprint density at radius 2 is 2.29 bits per heavy atom. The Labute approximate surface area is 91.9 Å². The van der Waals surface area contributed by atoms with Gasteiger partial charge in [-0.2, -0.15) is 0 Å². The quantitative estimate of drug-likeness (QED) is 0.842. The number of hydrogen-bond donors (Lipinski definition) is 1. The first-order chi connectivity index (χ1) is 6.58. The number of benzene rings is 1. The van der Waals surface area contributed by atoms with E-state index in [1.54, 1.807) is 6.92 Å². The van der Waals surface area contributed by atoms with Crippen LogP contribution in [0.25, 0.3) is 0 Å². The predicted octanol–water partition coefficient (Wildman–Crippen LogP) is 2.42. The van der Waals surface area contributed by atoms with Crippen LogP contribution in [0.3, 0.4) is 0 Å². The van der Waals surface area contributed by atoms with Crippen LogP contribution in [-0.4, -0.2) is 5.78 Å². The van der Waals surface area contributed by atoms with Crippen molar-refractivity contribution in [3.8, 4) is 0 Å². The molecule has 0 bridgehead atoms. The maximum atomic E-state index is 11.4. The topological polar surface area (TPSA) is 43.1 Å². The van der Waals surface area contributed by atoms with E-state index < -0.39 is 0 Å². The zero-order chi connectivity index (χ0) is 10.6. The van der Waals surface area contributed by atoms with Crippen molar-refractivity contribution in [1.82, 2.24) is 0 Å². The number of halogens is 1. The molecule has 0 aliphatic heterocycles. The Morgan fingerprint density at radius 1 is 1.57 bits per heavy atom. The van der Waals surface area contributed by atoms with Gasteiger partial charge in [0.25, 0.3) is 0 Å². The van der Waals surface area contributed by atoms with E-state index in [1.807, 2.05) is 24.3 Å². The van der Waals surface area contributed by atoms with Crippen molar-refractivity contribution >= 4 is 21.7 Å². The van der Waals surface area contributed by atoms with Crippen molar-refractivity contribution in [2.24, 2.45) is 5.73 Å². The van der Waals surface area contributed by atoms with E-state index in [0.29, 0.717) is 12.1 Å². The number of rotatable bonds is 3. The second-order valence-corrected chi connectivity index (χ2v) is 4.08. The summed E-state index contributed by atoms with van der Waals surface area (Å²) < 4.78 is 0.983. The Kier molecular flexibility index (Phi) is 3.89. The van der Waals surface area contributed by atoms with Crippen molar-refractivity contribution in [2.45, 2.75) is 13.3 Å². The molecule has 0 aromatic heterocycles. The third-order valence-electron chi connectivity index (χ3n) is 1.66. The van der Waals surface area contributed by atoms with Crippen molar-refractivity contribution in [2.75, 3.05) is 0 Å². The molecule has 0 aliphatic rings. The third kappa shape index (κ3) is 3.75. The minimum atomic E-state index is 0.0306. The zero-order valence-electron chi connectivity index (χ0n) is 7.96. The number of ketones is 1. The van der Waals surface area contributed by atoms with E-state index in [9.17, 15) is 4.79 Å². The molecule has 2 nitrogen and oxygen atoms in total. The molecule has 0 aliphatic carbocycles. The summed E-state index contributed by atoms with van der Waals surface area (Å²) in [6.45, 7) is 1.71. The van der Waals surface area contributed by atoms with Crippen LogP contribution in [-0.2, 0) is 11.2 Å². The summed E-state index contributed by atoms with van der Waals surface area (Å²) in [6.07, 6.45) is 1.86. The Balaban J connectivity index is 2.70. The van der Waals surface area contributed by atoms with Gasteiger partial charge in [0.1, 0.15) is 0 Å². The monoisotopic (exact) mass is 253 g/mol. The van der Waals surface area contributed by atoms with Crippen molar-refractivity contribution in [1.29, 1.82) is 0 Å². The molecule has 1 aromatic carbocycles. The first kappa shape index (κ1) is 11.0. The first-order valence-corrected chi connectivity index (χ1v) is 5.08. The lowest BCUT2D eigenvalue weighted by atomic mass is 10.1. The van der Waals surface area contributed by atoms with Gasteiger partial charge < -0.3 is 5.73 Å². The largest absolute Gasteiger partial charge is 0.402 e. The molecule has 3 heteroatoms. The van der Waals surface area contributed by atoms with Crippen LogP contribution >= 0.6 is 15.9 Å². The average molecular weight is 254 g/mol. The summed E-state index contributed by atoms with van der Waals surface area (Å²) in [5.41, 5.74) is 6.94. The molecule has 0 saturated heterocycles. The second kappa shape index (κ2) is 4.96. The van der Waals surface area contributed by atoms with Crippen molar-refractivity contribution in [3.63, 3.8) is 0 Å². The van der Waals surface area contributed by atoms with Gasteiger partial charge in [-0.3, -0.25) is 4.79 Å². The lowest BCUT2D eigenvalue weighted by Crippen LogP contribution is -2.02. The molecular weight excluding hydrogens is 242 g/mol. The normalized spacial score (nSPS) is 11.4. The van der Waals surface area contributed by atoms with E-state index in [4.69, 9.17) is 5.73 Å². The van der Waals surface area contributed by atoms with Crippen LogP contribution in [0, 0.1) is 0 Å². The van der Waals surface area contributed by atoms with E-state index in [0.717, 1.165) is 10.0 Å². The van der Waals surface area contributed by atoms with Gasteiger partial charge in [0, 0.05) is 16.6 Å². The van der Waals surface area contributed by atoms with Gasteiger partial charge in [-0.25, -0.2) is 0 Å². The van der Waals surface area contributed by atoms with Gasteiger partial charge in [0.2, 0.25) is 0 Å². The first-order valence-electron chi connectivity index (χ1n) is 4.29. The standard InChI is InChI=1S/C11H12BrNO/c1-8(13)5-11(14)7-9-3-2-4-10(12)6-9/h2-6H,7,13H2,1H3/b8-5-. The van der Waals surface area contributed by atoms with E-state index >= 15 is 0 Å². The third-order valence-corrected chi connectivity index (χ3v) is 2.15. The van der Waals surface area contributed by atoms with Gasteiger partial charge in [0.05, 0.1) is 0 Å². The summed E-state index contributed by atoms with van der Waals surface area (Å²) in [7, 11) is 0. The smallest absolute Gasteiger partial charge is 0.161 e. The lowest BCUT2D eigenvalue weighted by molar-refractivity contribution is -0.114. The highest BCUT2D eigenvalue weighted by Gasteiger charge is 2.00.